The van der Waals surface area contributed by atoms with E-state index in [1.54, 1.807) is 0 Å². The number of carbonyl (C=O) groups is 1. The van der Waals surface area contributed by atoms with Crippen molar-refractivity contribution < 1.29 is 4.79 Å². The molecular weight excluding hydrogens is 276 g/mol. The summed E-state index contributed by atoms with van der Waals surface area (Å²) in [6, 6.07) is 1.40. The highest BCUT2D eigenvalue weighted by Crippen LogP contribution is 2.20. The largest absolute Gasteiger partial charge is 0.320 e. The quantitative estimate of drug-likeness (QED) is 0.724. The van der Waals surface area contributed by atoms with Crippen LogP contribution < -0.4 is 11.1 Å². The molecule has 1 aromatic rings. The lowest BCUT2D eigenvalue weighted by Crippen LogP contribution is -2.40. The van der Waals surface area contributed by atoms with Crippen molar-refractivity contribution in [2.45, 2.75) is 58.9 Å². The summed E-state index contributed by atoms with van der Waals surface area (Å²) < 4.78 is 0. The van der Waals surface area contributed by atoms with Gasteiger partial charge in [-0.15, -0.1) is 12.4 Å². The zero-order valence-corrected chi connectivity index (χ0v) is 13.6. The van der Waals surface area contributed by atoms with Gasteiger partial charge in [-0.25, -0.2) is 0 Å². The van der Waals surface area contributed by atoms with Crippen molar-refractivity contribution in [1.29, 1.82) is 0 Å². The Kier molecular flexibility index (Phi) is 8.49. The van der Waals surface area contributed by atoms with E-state index in [4.69, 9.17) is 5.73 Å². The van der Waals surface area contributed by atoms with Gasteiger partial charge in [-0.05, 0) is 18.3 Å². The second kappa shape index (κ2) is 8.97. The fourth-order valence-electron chi connectivity index (χ4n) is 1.96. The Morgan fingerprint density at radius 1 is 1.45 bits per heavy atom. The number of nitrogens with two attached hydrogens (primary N) is 1. The Morgan fingerprint density at radius 3 is 2.65 bits per heavy atom. The first-order valence-electron chi connectivity index (χ1n) is 7.11. The van der Waals surface area contributed by atoms with Crippen LogP contribution in [0.5, 0.6) is 0 Å². The van der Waals surface area contributed by atoms with Gasteiger partial charge in [0.05, 0.1) is 6.04 Å². The zero-order chi connectivity index (χ0) is 14.4. The van der Waals surface area contributed by atoms with Crippen molar-refractivity contribution in [3.05, 3.63) is 11.8 Å². The lowest BCUT2D eigenvalue weighted by atomic mass is 9.99. The molecule has 116 valence electrons. The maximum atomic E-state index is 11.9. The first kappa shape index (κ1) is 18.9. The Labute approximate surface area is 127 Å². The Morgan fingerprint density at radius 2 is 2.10 bits per heavy atom. The van der Waals surface area contributed by atoms with Gasteiger partial charge < -0.3 is 11.1 Å². The molecule has 0 spiro atoms. The maximum absolute atomic E-state index is 11.9. The molecule has 0 aliphatic carbocycles. The number of aromatic amines is 1. The molecule has 4 N–H and O–H groups in total. The molecule has 0 radical (unpaired) electrons. The fraction of sp³-hybridized carbons (Fsp3) is 0.714. The topological polar surface area (TPSA) is 83.8 Å². The molecule has 1 amide bonds. The number of aromatic nitrogens is 2. The van der Waals surface area contributed by atoms with Gasteiger partial charge in [0.1, 0.15) is 0 Å². The molecule has 1 heterocycles. The Bertz CT molecular complexity index is 408. The standard InChI is InChI=1S/C14H26N4O.ClH/c1-5-7-10(4)11-8-12(18-17-11)16-14(19)13(15)9(3)6-2;/h8-10,13H,5-7,15H2,1-4H3,(H2,16,17,18,19);1H. The van der Waals surface area contributed by atoms with Crippen LogP contribution in [0.3, 0.4) is 0 Å². The van der Waals surface area contributed by atoms with Gasteiger partial charge in [-0.1, -0.05) is 40.5 Å². The van der Waals surface area contributed by atoms with E-state index in [0.717, 1.165) is 25.0 Å². The molecule has 0 bridgehead atoms. The lowest BCUT2D eigenvalue weighted by molar-refractivity contribution is -0.118. The third kappa shape index (κ3) is 5.13. The van der Waals surface area contributed by atoms with Crippen LogP contribution in [0, 0.1) is 5.92 Å². The van der Waals surface area contributed by atoms with E-state index < -0.39 is 6.04 Å². The normalized spacial score (nSPS) is 15.1. The van der Waals surface area contributed by atoms with Crippen molar-refractivity contribution in [2.24, 2.45) is 11.7 Å². The van der Waals surface area contributed by atoms with Crippen molar-refractivity contribution in [3.8, 4) is 0 Å². The van der Waals surface area contributed by atoms with Gasteiger partial charge >= 0.3 is 0 Å². The summed E-state index contributed by atoms with van der Waals surface area (Å²) in [7, 11) is 0. The van der Waals surface area contributed by atoms with Crippen molar-refractivity contribution in [2.75, 3.05) is 5.32 Å². The molecule has 20 heavy (non-hydrogen) atoms. The van der Waals surface area contributed by atoms with Gasteiger partial charge in [-0.3, -0.25) is 9.89 Å². The third-order valence-electron chi connectivity index (χ3n) is 3.66. The summed E-state index contributed by atoms with van der Waals surface area (Å²) in [4.78, 5) is 11.9. The van der Waals surface area contributed by atoms with E-state index in [9.17, 15) is 4.79 Å². The number of anilines is 1. The van der Waals surface area contributed by atoms with Crippen LogP contribution in [0.2, 0.25) is 0 Å². The number of halogens is 1. The van der Waals surface area contributed by atoms with Gasteiger partial charge in [0.2, 0.25) is 5.91 Å². The van der Waals surface area contributed by atoms with Crippen LogP contribution in [-0.4, -0.2) is 22.1 Å². The van der Waals surface area contributed by atoms with E-state index >= 15 is 0 Å². The average molecular weight is 303 g/mol. The average Bonchev–Trinajstić information content (AvgIpc) is 2.85. The summed E-state index contributed by atoms with van der Waals surface area (Å²) in [5, 5.41) is 9.85. The maximum Gasteiger partial charge on any atom is 0.242 e. The number of hydrogen-bond acceptors (Lipinski definition) is 3. The molecule has 0 aliphatic rings. The first-order valence-corrected chi connectivity index (χ1v) is 7.11. The number of nitrogens with zero attached hydrogens (tertiary/aromatic N) is 1. The Hall–Kier alpha value is -1.07. The minimum Gasteiger partial charge on any atom is -0.320 e. The van der Waals surface area contributed by atoms with Crippen LogP contribution in [0.25, 0.3) is 0 Å². The van der Waals surface area contributed by atoms with Gasteiger partial charge in [-0.2, -0.15) is 5.10 Å². The third-order valence-corrected chi connectivity index (χ3v) is 3.66. The SMILES string of the molecule is CCCC(C)c1cc(NC(=O)C(N)C(C)CC)n[nH]1.Cl. The molecule has 1 aromatic heterocycles. The van der Waals surface area contributed by atoms with Gasteiger partial charge in [0.25, 0.3) is 0 Å². The second-order valence-electron chi connectivity index (χ2n) is 5.30. The highest BCUT2D eigenvalue weighted by atomic mass is 35.5. The smallest absolute Gasteiger partial charge is 0.242 e. The first-order chi connectivity index (χ1) is 8.99. The van der Waals surface area contributed by atoms with Gasteiger partial charge in [0.15, 0.2) is 5.82 Å². The molecule has 5 nitrogen and oxygen atoms in total. The van der Waals surface area contributed by atoms with Crippen LogP contribution in [0.4, 0.5) is 5.82 Å². The van der Waals surface area contributed by atoms with E-state index in [2.05, 4.69) is 29.4 Å². The van der Waals surface area contributed by atoms with E-state index in [0.29, 0.717) is 11.7 Å². The lowest BCUT2D eigenvalue weighted by Gasteiger charge is -2.16. The molecule has 0 aromatic carbocycles. The van der Waals surface area contributed by atoms with Crippen LogP contribution in [0.15, 0.2) is 6.07 Å². The molecule has 0 saturated heterocycles. The minimum absolute atomic E-state index is 0. The van der Waals surface area contributed by atoms with E-state index in [-0.39, 0.29) is 24.2 Å². The van der Waals surface area contributed by atoms with Crippen LogP contribution in [-0.2, 0) is 4.79 Å². The summed E-state index contributed by atoms with van der Waals surface area (Å²) in [5.74, 6) is 0.973. The van der Waals surface area contributed by atoms with E-state index in [1.807, 2.05) is 19.9 Å². The number of carbonyl (C=O) groups excluding carboxylic acids is 1. The molecule has 0 saturated carbocycles. The molecule has 3 atom stereocenters. The van der Waals surface area contributed by atoms with Gasteiger partial charge in [0, 0.05) is 11.8 Å². The number of nitrogens with one attached hydrogen (secondary N) is 2. The monoisotopic (exact) mass is 302 g/mol. The minimum atomic E-state index is -0.488. The molecular formula is C14H27ClN4O. The van der Waals surface area contributed by atoms with Crippen LogP contribution >= 0.6 is 12.4 Å². The second-order valence-corrected chi connectivity index (χ2v) is 5.30. The van der Waals surface area contributed by atoms with Crippen LogP contribution in [0.1, 0.15) is 58.6 Å². The summed E-state index contributed by atoms with van der Waals surface area (Å²) in [5.41, 5.74) is 6.93. The highest BCUT2D eigenvalue weighted by molar-refractivity contribution is 5.94. The number of rotatable bonds is 7. The summed E-state index contributed by atoms with van der Waals surface area (Å²) in [6.07, 6.45) is 3.11. The number of hydrogen-bond donors (Lipinski definition) is 3. The molecule has 3 unspecified atom stereocenters. The van der Waals surface area contributed by atoms with Crippen molar-refractivity contribution in [3.63, 3.8) is 0 Å². The number of amides is 1. The summed E-state index contributed by atoms with van der Waals surface area (Å²) in [6.45, 7) is 8.30. The molecule has 0 aliphatic heterocycles. The number of H-pyrrole nitrogens is 1. The highest BCUT2D eigenvalue weighted by Gasteiger charge is 2.20. The molecule has 0 fully saturated rings. The fourth-order valence-corrected chi connectivity index (χ4v) is 1.96. The van der Waals surface area contributed by atoms with Crippen molar-refractivity contribution in [1.82, 2.24) is 10.2 Å². The predicted octanol–water partition coefficient (Wildman–Crippen LogP) is 3.05. The molecule has 6 heteroatoms. The predicted molar refractivity (Wildman–Crippen MR) is 85.2 cm³/mol. The van der Waals surface area contributed by atoms with E-state index in [1.165, 1.54) is 0 Å². The summed E-state index contributed by atoms with van der Waals surface area (Å²) >= 11 is 0. The molecule has 1 rings (SSSR count). The van der Waals surface area contributed by atoms with Crippen molar-refractivity contribution >= 4 is 24.1 Å². The zero-order valence-electron chi connectivity index (χ0n) is 12.8. The Balaban J connectivity index is 0.00000361.